The van der Waals surface area contributed by atoms with Crippen LogP contribution >= 0.6 is 46.8 Å². The highest BCUT2D eigenvalue weighted by Gasteiger charge is 2.19. The molecule has 6 nitrogen and oxygen atoms in total. The molecule has 164 valence electrons. The second-order valence-corrected chi connectivity index (χ2v) is 9.44. The van der Waals surface area contributed by atoms with Crippen molar-refractivity contribution in [1.82, 2.24) is 15.3 Å². The van der Waals surface area contributed by atoms with Gasteiger partial charge in [-0.3, -0.25) is 10.1 Å². The van der Waals surface area contributed by atoms with Gasteiger partial charge in [-0.1, -0.05) is 35.3 Å². The zero-order valence-electron chi connectivity index (χ0n) is 17.0. The highest BCUT2D eigenvalue weighted by molar-refractivity contribution is 7.80. The Morgan fingerprint density at radius 2 is 2.00 bits per heavy atom. The molecule has 5 rings (SSSR count). The Morgan fingerprint density at radius 3 is 2.82 bits per heavy atom. The zero-order valence-corrected chi connectivity index (χ0v) is 20.1. The van der Waals surface area contributed by atoms with Crippen molar-refractivity contribution in [2.24, 2.45) is 0 Å². The fourth-order valence-corrected chi connectivity index (χ4v) is 5.17. The molecule has 33 heavy (non-hydrogen) atoms. The number of hydrogen-bond donors (Lipinski definition) is 2. The van der Waals surface area contributed by atoms with E-state index in [1.807, 2.05) is 31.2 Å². The molecular formula is C23H14Cl2N4O2S2. The highest BCUT2D eigenvalue weighted by Crippen LogP contribution is 2.36. The number of fused-ring (bicyclic) bond motifs is 2. The molecule has 10 heteroatoms. The van der Waals surface area contributed by atoms with Crippen molar-refractivity contribution in [3.8, 4) is 11.5 Å². The Hall–Kier alpha value is -3.04. The van der Waals surface area contributed by atoms with Crippen molar-refractivity contribution in [3.05, 3.63) is 75.2 Å². The number of aromatic nitrogens is 2. The summed E-state index contributed by atoms with van der Waals surface area (Å²) in [6.07, 6.45) is 1.66. The van der Waals surface area contributed by atoms with Gasteiger partial charge in [0.05, 0.1) is 5.02 Å². The quantitative estimate of drug-likeness (QED) is 0.257. The Balaban J connectivity index is 1.36. The van der Waals surface area contributed by atoms with E-state index in [0.717, 1.165) is 21.2 Å². The predicted octanol–water partition coefficient (Wildman–Crippen LogP) is 6.85. The summed E-state index contributed by atoms with van der Waals surface area (Å²) >= 11 is 19.1. The van der Waals surface area contributed by atoms with Crippen LogP contribution in [0.1, 0.15) is 15.2 Å². The standard InChI is InChI=1S/C23H14Cl2N4O2S2/c1-11-4-5-12(22-28-20-16(31-22)3-2-8-26-20)9-15(11)27-23(32)29-21(30)19-18(25)14-7-6-13(24)10-17(14)33-19/h2-10H,1H3,(H2,27,29,30,32). The fourth-order valence-electron chi connectivity index (χ4n) is 3.28. The van der Waals surface area contributed by atoms with Crippen LogP contribution in [0, 0.1) is 6.92 Å². The number of anilines is 1. The molecule has 0 aliphatic heterocycles. The number of aryl methyl sites for hydroxylation is 1. The number of benzene rings is 2. The first-order valence-corrected chi connectivity index (χ1v) is 11.7. The average molecular weight is 513 g/mol. The van der Waals surface area contributed by atoms with E-state index in [9.17, 15) is 4.79 Å². The number of carbonyl (C=O) groups excluding carboxylic acids is 1. The summed E-state index contributed by atoms with van der Waals surface area (Å²) in [6.45, 7) is 1.93. The minimum Gasteiger partial charge on any atom is -0.434 e. The van der Waals surface area contributed by atoms with E-state index in [2.05, 4.69) is 20.6 Å². The maximum atomic E-state index is 12.8. The topological polar surface area (TPSA) is 80.1 Å². The van der Waals surface area contributed by atoms with Gasteiger partial charge in [0.2, 0.25) is 5.89 Å². The van der Waals surface area contributed by atoms with Gasteiger partial charge in [0, 0.05) is 32.6 Å². The van der Waals surface area contributed by atoms with Crippen LogP contribution in [0.15, 0.2) is 59.1 Å². The Labute approximate surface area is 207 Å². The lowest BCUT2D eigenvalue weighted by Gasteiger charge is -2.12. The van der Waals surface area contributed by atoms with Gasteiger partial charge in [0.1, 0.15) is 4.88 Å². The van der Waals surface area contributed by atoms with Crippen LogP contribution in [0.3, 0.4) is 0 Å². The minimum atomic E-state index is -0.395. The van der Waals surface area contributed by atoms with Crippen molar-refractivity contribution in [2.75, 3.05) is 5.32 Å². The maximum Gasteiger partial charge on any atom is 0.269 e. The van der Waals surface area contributed by atoms with Gasteiger partial charge in [0.15, 0.2) is 16.3 Å². The lowest BCUT2D eigenvalue weighted by Crippen LogP contribution is -2.34. The van der Waals surface area contributed by atoms with Gasteiger partial charge in [-0.2, -0.15) is 4.98 Å². The van der Waals surface area contributed by atoms with Gasteiger partial charge in [-0.15, -0.1) is 11.3 Å². The molecule has 0 atom stereocenters. The maximum absolute atomic E-state index is 12.8. The monoisotopic (exact) mass is 512 g/mol. The molecule has 1 amide bonds. The summed E-state index contributed by atoms with van der Waals surface area (Å²) in [6, 6.07) is 14.6. The number of thiocarbonyl (C=S) groups is 1. The molecule has 0 aliphatic carbocycles. The molecule has 0 saturated carbocycles. The number of thiophene rings is 1. The molecule has 0 unspecified atom stereocenters. The van der Waals surface area contributed by atoms with Crippen LogP contribution in [0.5, 0.6) is 0 Å². The second-order valence-electron chi connectivity index (χ2n) is 7.17. The smallest absolute Gasteiger partial charge is 0.269 e. The second kappa shape index (κ2) is 8.72. The minimum absolute atomic E-state index is 0.144. The summed E-state index contributed by atoms with van der Waals surface area (Å²) in [7, 11) is 0. The summed E-state index contributed by atoms with van der Waals surface area (Å²) < 4.78 is 6.63. The molecule has 0 aliphatic rings. The average Bonchev–Trinajstić information content (AvgIpc) is 3.36. The number of carbonyl (C=O) groups is 1. The molecule has 0 fully saturated rings. The van der Waals surface area contributed by atoms with Crippen LogP contribution in [-0.4, -0.2) is 21.0 Å². The van der Waals surface area contributed by atoms with Crippen molar-refractivity contribution in [3.63, 3.8) is 0 Å². The van der Waals surface area contributed by atoms with Crippen LogP contribution < -0.4 is 10.6 Å². The number of nitrogens with one attached hydrogen (secondary N) is 2. The predicted molar refractivity (Wildman–Crippen MR) is 138 cm³/mol. The molecule has 3 aromatic heterocycles. The summed E-state index contributed by atoms with van der Waals surface area (Å²) in [4.78, 5) is 21.8. The first kappa shape index (κ1) is 21.8. The van der Waals surface area contributed by atoms with Crippen LogP contribution in [0.4, 0.5) is 5.69 Å². The van der Waals surface area contributed by atoms with Crippen LogP contribution in [-0.2, 0) is 0 Å². The zero-order chi connectivity index (χ0) is 23.1. The fraction of sp³-hybridized carbons (Fsp3) is 0.0435. The van der Waals surface area contributed by atoms with Gasteiger partial charge < -0.3 is 9.73 Å². The largest absolute Gasteiger partial charge is 0.434 e. The molecule has 0 spiro atoms. The summed E-state index contributed by atoms with van der Waals surface area (Å²) in [5, 5.41) is 7.63. The Kier molecular flexibility index (Phi) is 5.76. The third-order valence-corrected chi connectivity index (χ3v) is 7.02. The molecule has 5 aromatic rings. The van der Waals surface area contributed by atoms with Gasteiger partial charge in [0.25, 0.3) is 5.91 Å². The van der Waals surface area contributed by atoms with E-state index in [1.165, 1.54) is 11.3 Å². The van der Waals surface area contributed by atoms with Gasteiger partial charge in [-0.05, 0) is 61.1 Å². The van der Waals surface area contributed by atoms with E-state index in [-0.39, 0.29) is 5.11 Å². The summed E-state index contributed by atoms with van der Waals surface area (Å²) in [5.41, 5.74) is 3.53. The van der Waals surface area contributed by atoms with Crippen LogP contribution in [0.25, 0.3) is 32.8 Å². The third kappa shape index (κ3) is 4.30. The third-order valence-electron chi connectivity index (χ3n) is 4.92. The molecule has 3 heterocycles. The number of amides is 1. The molecule has 2 aromatic carbocycles. The van der Waals surface area contributed by atoms with Crippen molar-refractivity contribution >= 4 is 84.8 Å². The molecular weight excluding hydrogens is 499 g/mol. The normalized spacial score (nSPS) is 11.1. The van der Waals surface area contributed by atoms with Gasteiger partial charge >= 0.3 is 0 Å². The van der Waals surface area contributed by atoms with E-state index >= 15 is 0 Å². The van der Waals surface area contributed by atoms with Crippen LogP contribution in [0.2, 0.25) is 10.0 Å². The number of halogens is 2. The van der Waals surface area contributed by atoms with E-state index in [4.69, 9.17) is 39.8 Å². The molecule has 0 radical (unpaired) electrons. The highest BCUT2D eigenvalue weighted by atomic mass is 35.5. The molecule has 0 bridgehead atoms. The van der Waals surface area contributed by atoms with E-state index < -0.39 is 5.91 Å². The SMILES string of the molecule is Cc1ccc(-c2nc3ncccc3o2)cc1NC(=S)NC(=O)c1sc2cc(Cl)ccc2c1Cl. The van der Waals surface area contributed by atoms with Crippen molar-refractivity contribution < 1.29 is 9.21 Å². The number of hydrogen-bond acceptors (Lipinski definition) is 6. The lowest BCUT2D eigenvalue weighted by atomic mass is 10.1. The molecule has 0 saturated heterocycles. The lowest BCUT2D eigenvalue weighted by molar-refractivity contribution is 0.0982. The first-order chi connectivity index (χ1) is 15.9. The van der Waals surface area contributed by atoms with Crippen molar-refractivity contribution in [2.45, 2.75) is 6.92 Å². The number of nitrogens with zero attached hydrogens (tertiary/aromatic N) is 2. The van der Waals surface area contributed by atoms with E-state index in [1.54, 1.807) is 30.5 Å². The number of rotatable bonds is 3. The number of pyridine rings is 1. The van der Waals surface area contributed by atoms with E-state index in [0.29, 0.717) is 37.7 Å². The Morgan fingerprint density at radius 1 is 1.15 bits per heavy atom. The van der Waals surface area contributed by atoms with Crippen molar-refractivity contribution in [1.29, 1.82) is 0 Å². The first-order valence-electron chi connectivity index (χ1n) is 9.71. The van der Waals surface area contributed by atoms with Gasteiger partial charge in [-0.25, -0.2) is 4.98 Å². The molecule has 2 N–H and O–H groups in total. The summed E-state index contributed by atoms with van der Waals surface area (Å²) in [5.74, 6) is 0.0473. The Bertz CT molecular complexity index is 1530. The number of oxazole rings is 1.